The van der Waals surface area contributed by atoms with E-state index in [0.717, 1.165) is 6.07 Å². The summed E-state index contributed by atoms with van der Waals surface area (Å²) in [6.07, 6.45) is 1.56. The van der Waals surface area contributed by atoms with Crippen molar-refractivity contribution in [2.24, 2.45) is 0 Å². The first kappa shape index (κ1) is 13.2. The van der Waals surface area contributed by atoms with E-state index in [1.807, 2.05) is 13.8 Å². The molecule has 1 aromatic rings. The van der Waals surface area contributed by atoms with Crippen LogP contribution in [0.4, 0.5) is 18.9 Å². The number of nitrogens with one attached hydrogen (secondary N) is 1. The maximum absolute atomic E-state index is 13.5. The summed E-state index contributed by atoms with van der Waals surface area (Å²) in [5.74, 6) is -3.00. The molecule has 0 amide bonds. The summed E-state index contributed by atoms with van der Waals surface area (Å²) in [5.41, 5.74) is 0.000185. The van der Waals surface area contributed by atoms with Crippen LogP contribution in [0.15, 0.2) is 12.1 Å². The quantitative estimate of drug-likeness (QED) is 0.821. The van der Waals surface area contributed by atoms with Crippen LogP contribution >= 0.6 is 0 Å². The van der Waals surface area contributed by atoms with Crippen molar-refractivity contribution in [1.29, 1.82) is 0 Å². The molecule has 2 rings (SSSR count). The van der Waals surface area contributed by atoms with E-state index in [-0.39, 0.29) is 23.9 Å². The van der Waals surface area contributed by atoms with E-state index in [4.69, 9.17) is 4.74 Å². The summed E-state index contributed by atoms with van der Waals surface area (Å²) in [6.45, 7) is 3.87. The Hall–Kier alpha value is -1.23. The van der Waals surface area contributed by atoms with Gasteiger partial charge in [0.15, 0.2) is 11.6 Å². The highest BCUT2D eigenvalue weighted by molar-refractivity contribution is 5.46. The number of hydrogen-bond donors (Lipinski definition) is 1. The second-order valence-electron chi connectivity index (χ2n) is 4.82. The van der Waals surface area contributed by atoms with Gasteiger partial charge in [-0.1, -0.05) is 0 Å². The van der Waals surface area contributed by atoms with Crippen molar-refractivity contribution in [1.82, 2.24) is 0 Å². The number of rotatable bonds is 2. The smallest absolute Gasteiger partial charge is 0.161 e. The molecule has 1 N–H and O–H groups in total. The number of benzene rings is 1. The lowest BCUT2D eigenvalue weighted by Crippen LogP contribution is -2.37. The van der Waals surface area contributed by atoms with Crippen molar-refractivity contribution in [2.45, 2.75) is 44.9 Å². The van der Waals surface area contributed by atoms with Crippen LogP contribution < -0.4 is 5.32 Å². The Kier molecular flexibility index (Phi) is 3.80. The molecular formula is C13H16F3NO. The van der Waals surface area contributed by atoms with Crippen LogP contribution in [0.3, 0.4) is 0 Å². The van der Waals surface area contributed by atoms with Crippen LogP contribution in [-0.2, 0) is 4.74 Å². The van der Waals surface area contributed by atoms with Gasteiger partial charge in [0.25, 0.3) is 0 Å². The Morgan fingerprint density at radius 2 is 1.56 bits per heavy atom. The van der Waals surface area contributed by atoms with Crippen molar-refractivity contribution in [3.8, 4) is 0 Å². The Labute approximate surface area is 104 Å². The van der Waals surface area contributed by atoms with Gasteiger partial charge >= 0.3 is 0 Å². The normalized spacial score (nSPS) is 28.2. The summed E-state index contributed by atoms with van der Waals surface area (Å²) in [6, 6.07) is 1.42. The van der Waals surface area contributed by atoms with Gasteiger partial charge in [0.1, 0.15) is 5.82 Å². The Bertz CT molecular complexity index is 428. The van der Waals surface area contributed by atoms with Crippen LogP contribution in [0.1, 0.15) is 26.7 Å². The van der Waals surface area contributed by atoms with Gasteiger partial charge in [0.2, 0.25) is 0 Å². The lowest BCUT2D eigenvalue weighted by atomic mass is 9.99. The van der Waals surface area contributed by atoms with Crippen LogP contribution in [0.2, 0.25) is 0 Å². The molecule has 0 saturated carbocycles. The molecule has 1 aromatic carbocycles. The predicted molar refractivity (Wildman–Crippen MR) is 63.0 cm³/mol. The molecule has 0 spiro atoms. The lowest BCUT2D eigenvalue weighted by molar-refractivity contribution is -0.0338. The molecule has 1 heterocycles. The average molecular weight is 259 g/mol. The fourth-order valence-corrected chi connectivity index (χ4v) is 2.38. The fourth-order valence-electron chi connectivity index (χ4n) is 2.38. The molecule has 18 heavy (non-hydrogen) atoms. The summed E-state index contributed by atoms with van der Waals surface area (Å²) in [4.78, 5) is 0. The third-order valence-electron chi connectivity index (χ3n) is 3.07. The zero-order valence-electron chi connectivity index (χ0n) is 10.3. The summed E-state index contributed by atoms with van der Waals surface area (Å²) >= 11 is 0. The number of hydrogen-bond acceptors (Lipinski definition) is 2. The highest BCUT2D eigenvalue weighted by Gasteiger charge is 2.25. The maximum Gasteiger partial charge on any atom is 0.161 e. The van der Waals surface area contributed by atoms with Gasteiger partial charge in [-0.3, -0.25) is 0 Å². The van der Waals surface area contributed by atoms with Crippen molar-refractivity contribution >= 4 is 5.69 Å². The van der Waals surface area contributed by atoms with Gasteiger partial charge < -0.3 is 10.1 Å². The number of ether oxygens (including phenoxy) is 1. The van der Waals surface area contributed by atoms with Gasteiger partial charge in [-0.2, -0.15) is 0 Å². The monoisotopic (exact) mass is 259 g/mol. The van der Waals surface area contributed by atoms with E-state index < -0.39 is 17.5 Å². The SMILES string of the molecule is CC1CC(Nc2cc(F)c(F)cc2F)CC(C)O1. The van der Waals surface area contributed by atoms with Crippen molar-refractivity contribution < 1.29 is 17.9 Å². The molecule has 1 aliphatic heterocycles. The molecule has 0 aliphatic carbocycles. The molecule has 0 bridgehead atoms. The molecular weight excluding hydrogens is 243 g/mol. The topological polar surface area (TPSA) is 21.3 Å². The fraction of sp³-hybridized carbons (Fsp3) is 0.538. The lowest BCUT2D eigenvalue weighted by Gasteiger charge is -2.33. The average Bonchev–Trinajstić information content (AvgIpc) is 2.24. The molecule has 1 fully saturated rings. The molecule has 1 aliphatic rings. The van der Waals surface area contributed by atoms with Crippen LogP contribution in [0.5, 0.6) is 0 Å². The molecule has 1 saturated heterocycles. The highest BCUT2D eigenvalue weighted by Crippen LogP contribution is 2.25. The standard InChI is InChI=1S/C13H16F3NO/c1-7-3-9(4-8(2)18-7)17-13-6-11(15)10(14)5-12(13)16/h5-9,17H,3-4H2,1-2H3. The molecule has 5 heteroatoms. The zero-order chi connectivity index (χ0) is 13.3. The maximum atomic E-state index is 13.5. The summed E-state index contributed by atoms with van der Waals surface area (Å²) in [5, 5.41) is 2.92. The highest BCUT2D eigenvalue weighted by atomic mass is 19.2. The minimum Gasteiger partial charge on any atom is -0.380 e. The third-order valence-corrected chi connectivity index (χ3v) is 3.07. The largest absolute Gasteiger partial charge is 0.380 e. The van der Waals surface area contributed by atoms with E-state index >= 15 is 0 Å². The van der Waals surface area contributed by atoms with E-state index in [2.05, 4.69) is 5.32 Å². The van der Waals surface area contributed by atoms with Gasteiger partial charge in [-0.05, 0) is 26.7 Å². The van der Waals surface area contributed by atoms with Gasteiger partial charge in [-0.25, -0.2) is 13.2 Å². The Morgan fingerprint density at radius 3 is 2.17 bits per heavy atom. The van der Waals surface area contributed by atoms with E-state index in [1.54, 1.807) is 0 Å². The van der Waals surface area contributed by atoms with Crippen molar-refractivity contribution in [3.05, 3.63) is 29.6 Å². The first-order valence-electron chi connectivity index (χ1n) is 6.02. The van der Waals surface area contributed by atoms with Crippen LogP contribution in [-0.4, -0.2) is 18.2 Å². The summed E-state index contributed by atoms with van der Waals surface area (Å²) in [7, 11) is 0. The van der Waals surface area contributed by atoms with Crippen molar-refractivity contribution in [3.63, 3.8) is 0 Å². The predicted octanol–water partition coefficient (Wildman–Crippen LogP) is 3.47. The first-order valence-corrected chi connectivity index (χ1v) is 6.02. The number of halogens is 3. The van der Waals surface area contributed by atoms with Gasteiger partial charge in [0.05, 0.1) is 17.9 Å². The van der Waals surface area contributed by atoms with Crippen molar-refractivity contribution in [2.75, 3.05) is 5.32 Å². The first-order chi connectivity index (χ1) is 8.45. The zero-order valence-corrected chi connectivity index (χ0v) is 10.3. The molecule has 100 valence electrons. The third kappa shape index (κ3) is 2.96. The van der Waals surface area contributed by atoms with E-state index in [9.17, 15) is 13.2 Å². The number of anilines is 1. The van der Waals surface area contributed by atoms with E-state index in [0.29, 0.717) is 18.9 Å². The molecule has 2 unspecified atom stereocenters. The minimum atomic E-state index is -1.17. The molecule has 0 radical (unpaired) electrons. The van der Waals surface area contributed by atoms with E-state index in [1.165, 1.54) is 0 Å². The van der Waals surface area contributed by atoms with Crippen LogP contribution in [0.25, 0.3) is 0 Å². The Balaban J connectivity index is 2.11. The second-order valence-corrected chi connectivity index (χ2v) is 4.82. The molecule has 2 nitrogen and oxygen atoms in total. The van der Waals surface area contributed by atoms with Gasteiger partial charge in [-0.15, -0.1) is 0 Å². The Morgan fingerprint density at radius 1 is 1.00 bits per heavy atom. The molecule has 0 aromatic heterocycles. The molecule has 2 atom stereocenters. The minimum absolute atomic E-state index is 0.000185. The van der Waals surface area contributed by atoms with Crippen LogP contribution in [0, 0.1) is 17.5 Å². The second kappa shape index (κ2) is 5.18. The summed E-state index contributed by atoms with van der Waals surface area (Å²) < 4.78 is 44.9. The van der Waals surface area contributed by atoms with Gasteiger partial charge in [0, 0.05) is 18.2 Å².